The predicted molar refractivity (Wildman–Crippen MR) is 73.6 cm³/mol. The van der Waals surface area contributed by atoms with Crippen LogP contribution in [0.3, 0.4) is 0 Å². The summed E-state index contributed by atoms with van der Waals surface area (Å²) in [6.45, 7) is 0. The van der Waals surface area contributed by atoms with E-state index in [0.717, 1.165) is 24.6 Å². The van der Waals surface area contributed by atoms with Crippen molar-refractivity contribution in [3.8, 4) is 0 Å². The molecule has 0 N–H and O–H groups in total. The van der Waals surface area contributed by atoms with Crippen LogP contribution >= 0.6 is 0 Å². The minimum atomic E-state index is -1.20. The van der Waals surface area contributed by atoms with Gasteiger partial charge in [-0.1, -0.05) is 13.8 Å². The number of aromatic nitrogens is 3. The van der Waals surface area contributed by atoms with Crippen molar-refractivity contribution in [1.82, 2.24) is 14.5 Å². The first-order valence-corrected chi connectivity index (χ1v) is 7.26. The van der Waals surface area contributed by atoms with Crippen LogP contribution in [0, 0.1) is 0 Å². The molecule has 0 amide bonds. The van der Waals surface area contributed by atoms with E-state index in [0.29, 0.717) is 10.8 Å². The van der Waals surface area contributed by atoms with Crippen molar-refractivity contribution in [3.63, 3.8) is 0 Å². The van der Waals surface area contributed by atoms with Crippen LogP contribution in [0.1, 0.15) is 32.7 Å². The zero-order valence-electron chi connectivity index (χ0n) is 9.57. The van der Waals surface area contributed by atoms with Crippen LogP contribution in [0.25, 0.3) is 11.0 Å². The number of nitrogens with zero attached hydrogens (tertiary/aromatic N) is 3. The van der Waals surface area contributed by atoms with Gasteiger partial charge < -0.3 is 0 Å². The highest BCUT2D eigenvalue weighted by Gasteiger charge is 2.38. The number of hydrogen-bond donors (Lipinski definition) is 0. The third-order valence-electron chi connectivity index (χ3n) is 3.85. The summed E-state index contributed by atoms with van der Waals surface area (Å²) in [6.07, 6.45) is 4.44. The van der Waals surface area contributed by atoms with E-state index in [1.165, 1.54) is 0 Å². The second-order valence-corrected chi connectivity index (χ2v) is 6.37. The number of rotatable bonds is 0. The Morgan fingerprint density at radius 3 is 3.00 bits per heavy atom. The van der Waals surface area contributed by atoms with E-state index in [2.05, 4.69) is 9.97 Å². The molecule has 0 saturated heterocycles. The molecule has 1 fully saturated rings. The van der Waals surface area contributed by atoms with Crippen molar-refractivity contribution >= 4 is 21.8 Å². The second-order valence-electron chi connectivity index (χ2n) is 4.81. The monoisotopic (exact) mass is 277 g/mol. The van der Waals surface area contributed by atoms with Gasteiger partial charge in [0.1, 0.15) is 5.65 Å². The highest BCUT2D eigenvalue weighted by molar-refractivity contribution is 7.85. The van der Waals surface area contributed by atoms with E-state index < -0.39 is 10.8 Å². The molecule has 19 heavy (non-hydrogen) atoms. The maximum absolute atomic E-state index is 12.4. The van der Waals surface area contributed by atoms with Crippen LogP contribution in [-0.4, -0.2) is 24.0 Å². The summed E-state index contributed by atoms with van der Waals surface area (Å²) in [4.78, 5) is 20.6. The van der Waals surface area contributed by atoms with Gasteiger partial charge in [0.05, 0.1) is 22.1 Å². The molecule has 2 aliphatic rings. The molecule has 4 rings (SSSR count). The van der Waals surface area contributed by atoms with Crippen molar-refractivity contribution in [3.05, 3.63) is 28.7 Å². The van der Waals surface area contributed by atoms with Crippen LogP contribution in [-0.2, 0) is 10.8 Å². The summed E-state index contributed by atoms with van der Waals surface area (Å²) in [7, 11) is -1.20. The average Bonchev–Trinajstić information content (AvgIpc) is 2.82. The van der Waals surface area contributed by atoms with Gasteiger partial charge in [-0.3, -0.25) is 13.6 Å². The lowest BCUT2D eigenvalue weighted by atomic mass is 10.2. The van der Waals surface area contributed by atoms with E-state index in [1.807, 2.05) is 0 Å². The van der Waals surface area contributed by atoms with Gasteiger partial charge in [0.15, 0.2) is 0 Å². The Labute approximate surface area is 113 Å². The van der Waals surface area contributed by atoms with Gasteiger partial charge >= 0.3 is 0 Å². The predicted octanol–water partition coefficient (Wildman–Crippen LogP) is 1.64. The first-order chi connectivity index (χ1) is 8.75. The Bertz CT molecular complexity index is 740. The molecule has 0 radical (unpaired) electrons. The quantitative estimate of drug-likeness (QED) is 0.687. The van der Waals surface area contributed by atoms with E-state index >= 15 is 0 Å². The molecule has 3 atom stereocenters. The van der Waals surface area contributed by atoms with Crippen molar-refractivity contribution in [2.75, 3.05) is 0 Å². The van der Waals surface area contributed by atoms with Crippen molar-refractivity contribution < 1.29 is 4.21 Å². The zero-order valence-corrected chi connectivity index (χ0v) is 10.4. The minimum Gasteiger partial charge on any atom is -0.288 e. The summed E-state index contributed by atoms with van der Waals surface area (Å²) < 4.78 is 14.1. The number of hydrogen-bond acceptors (Lipinski definition) is 4. The topological polar surface area (TPSA) is 64.8 Å². The Morgan fingerprint density at radius 1 is 1.32 bits per heavy atom. The molecule has 3 unspecified atom stereocenters. The smallest absolute Gasteiger partial charge is 0.252 e. The molecule has 2 aromatic heterocycles. The van der Waals surface area contributed by atoms with Crippen LogP contribution in [0.2, 0.25) is 0 Å². The fourth-order valence-corrected chi connectivity index (χ4v) is 4.55. The minimum absolute atomic E-state index is 0. The Kier molecular flexibility index (Phi) is 2.78. The SMILES string of the molecule is C.O=c1ccc2cnc3nc2n1C1CCCC1S3=O. The third-order valence-corrected chi connectivity index (χ3v) is 5.51. The van der Waals surface area contributed by atoms with E-state index in [9.17, 15) is 9.00 Å². The van der Waals surface area contributed by atoms with E-state index in [-0.39, 0.29) is 24.3 Å². The summed E-state index contributed by atoms with van der Waals surface area (Å²) >= 11 is 0. The van der Waals surface area contributed by atoms with Gasteiger partial charge in [-0.05, 0) is 18.9 Å². The van der Waals surface area contributed by atoms with Crippen LogP contribution < -0.4 is 5.56 Å². The second kappa shape index (κ2) is 4.23. The molecule has 1 saturated carbocycles. The first-order valence-electron chi connectivity index (χ1n) is 6.04. The van der Waals surface area contributed by atoms with Gasteiger partial charge in [-0.15, -0.1) is 0 Å². The van der Waals surface area contributed by atoms with Crippen molar-refractivity contribution in [2.45, 2.75) is 43.1 Å². The van der Waals surface area contributed by atoms with E-state index in [1.54, 1.807) is 22.9 Å². The molecular weight excluding hydrogens is 262 g/mol. The standard InChI is InChI=1S/C12H11N3O2S.CH4/c16-10-5-4-7-6-13-12-14-11(7)15(10)8-2-1-3-9(8)18(12)17;/h4-6,8-9H,1-3H2;1H4. The van der Waals surface area contributed by atoms with E-state index in [4.69, 9.17) is 0 Å². The molecule has 1 aliphatic heterocycles. The van der Waals surface area contributed by atoms with Crippen molar-refractivity contribution in [2.24, 2.45) is 0 Å². The lowest BCUT2D eigenvalue weighted by Gasteiger charge is -2.18. The fraction of sp³-hybridized carbons (Fsp3) is 0.462. The van der Waals surface area contributed by atoms with Gasteiger partial charge in [0, 0.05) is 17.6 Å². The largest absolute Gasteiger partial charge is 0.288 e. The third kappa shape index (κ3) is 1.59. The molecule has 1 aliphatic carbocycles. The van der Waals surface area contributed by atoms with Crippen molar-refractivity contribution in [1.29, 1.82) is 0 Å². The molecule has 2 aromatic rings. The summed E-state index contributed by atoms with van der Waals surface area (Å²) in [6, 6.07) is 3.29. The zero-order chi connectivity index (χ0) is 12.3. The molecule has 0 spiro atoms. The molecule has 5 nitrogen and oxygen atoms in total. The maximum Gasteiger partial charge on any atom is 0.252 e. The number of fused-ring (bicyclic) bond motifs is 3. The normalized spacial score (nSPS) is 27.9. The summed E-state index contributed by atoms with van der Waals surface area (Å²) in [5.74, 6) is 0. The van der Waals surface area contributed by atoms with Gasteiger partial charge in [-0.25, -0.2) is 9.97 Å². The highest BCUT2D eigenvalue weighted by atomic mass is 32.2. The lowest BCUT2D eigenvalue weighted by molar-refractivity contribution is 0.520. The Hall–Kier alpha value is -1.56. The van der Waals surface area contributed by atoms with Gasteiger partial charge in [0.2, 0.25) is 5.16 Å². The average molecular weight is 277 g/mol. The number of pyridine rings is 1. The molecule has 2 bridgehead atoms. The fourth-order valence-electron chi connectivity index (χ4n) is 3.03. The molecule has 6 heteroatoms. The molecule has 100 valence electrons. The molecule has 0 aromatic carbocycles. The van der Waals surface area contributed by atoms with Crippen LogP contribution in [0.5, 0.6) is 0 Å². The Balaban J connectivity index is 0.00000110. The molecule has 3 heterocycles. The highest BCUT2D eigenvalue weighted by Crippen LogP contribution is 2.37. The van der Waals surface area contributed by atoms with Gasteiger partial charge in [-0.2, -0.15) is 0 Å². The lowest BCUT2D eigenvalue weighted by Crippen LogP contribution is -2.29. The van der Waals surface area contributed by atoms with Crippen LogP contribution in [0.15, 0.2) is 28.3 Å². The van der Waals surface area contributed by atoms with Gasteiger partial charge in [0.25, 0.3) is 5.56 Å². The Morgan fingerprint density at radius 2 is 2.16 bits per heavy atom. The maximum atomic E-state index is 12.4. The molecular formula is C13H15N3O2S. The summed E-state index contributed by atoms with van der Waals surface area (Å²) in [5.41, 5.74) is 0.582. The summed E-state index contributed by atoms with van der Waals surface area (Å²) in [5, 5.41) is 1.19. The first kappa shape index (κ1) is 12.5. The van der Waals surface area contributed by atoms with Crippen LogP contribution in [0.4, 0.5) is 0 Å².